The highest BCUT2D eigenvalue weighted by atomic mass is 16.6. The first-order valence-electron chi connectivity index (χ1n) is 8.78. The number of carbonyl (C=O) groups is 4. The van der Waals surface area contributed by atoms with Crippen LogP contribution in [0.3, 0.4) is 0 Å². The second-order valence-corrected chi connectivity index (χ2v) is 6.06. The van der Waals surface area contributed by atoms with Crippen LogP contribution in [0.2, 0.25) is 0 Å². The summed E-state index contributed by atoms with van der Waals surface area (Å²) in [5.41, 5.74) is 0.495. The summed E-state index contributed by atoms with van der Waals surface area (Å²) in [4.78, 5) is 53.7. The molecule has 0 aliphatic carbocycles. The fourth-order valence-electron chi connectivity index (χ4n) is 3.10. The van der Waals surface area contributed by atoms with Crippen LogP contribution in [-0.2, 0) is 38.1 Å². The first-order chi connectivity index (χ1) is 12.8. The minimum Gasteiger partial charge on any atom is -0.465 e. The zero-order valence-electron chi connectivity index (χ0n) is 15.8. The fourth-order valence-corrected chi connectivity index (χ4v) is 3.10. The Hall–Kier alpha value is -2.71. The van der Waals surface area contributed by atoms with E-state index < -0.39 is 41.8 Å². The van der Waals surface area contributed by atoms with Crippen molar-refractivity contribution in [1.29, 1.82) is 0 Å². The van der Waals surface area contributed by atoms with Gasteiger partial charge in [0.2, 0.25) is 6.10 Å². The van der Waals surface area contributed by atoms with Crippen LogP contribution in [0.4, 0.5) is 0 Å². The van der Waals surface area contributed by atoms with Crippen LogP contribution in [0.1, 0.15) is 34.1 Å². The van der Waals surface area contributed by atoms with Gasteiger partial charge < -0.3 is 18.9 Å². The van der Waals surface area contributed by atoms with Crippen molar-refractivity contribution in [1.82, 2.24) is 0 Å². The van der Waals surface area contributed by atoms with Gasteiger partial charge in [-0.3, -0.25) is 14.6 Å². The number of ether oxygens (including phenoxy) is 4. The van der Waals surface area contributed by atoms with Crippen molar-refractivity contribution in [2.75, 3.05) is 19.8 Å². The molecule has 0 saturated carbocycles. The molecule has 0 bridgehead atoms. The lowest BCUT2D eigenvalue weighted by atomic mass is 9.79. The molecule has 2 rings (SSSR count). The third-order valence-corrected chi connectivity index (χ3v) is 4.26. The van der Waals surface area contributed by atoms with E-state index in [1.54, 1.807) is 27.7 Å². The molecule has 0 aromatic heterocycles. The second-order valence-electron chi connectivity index (χ2n) is 6.06. The quantitative estimate of drug-likeness (QED) is 0.493. The van der Waals surface area contributed by atoms with E-state index in [4.69, 9.17) is 18.9 Å². The van der Waals surface area contributed by atoms with Crippen LogP contribution in [0.5, 0.6) is 0 Å². The molecule has 0 amide bonds. The number of allylic oxidation sites excluding steroid dienone is 1. The highest BCUT2D eigenvalue weighted by molar-refractivity contribution is 6.10. The third-order valence-electron chi connectivity index (χ3n) is 4.26. The number of cyclic esters (lactones) is 1. The van der Waals surface area contributed by atoms with Crippen molar-refractivity contribution >= 4 is 29.6 Å². The van der Waals surface area contributed by atoms with Gasteiger partial charge in [-0.1, -0.05) is 0 Å². The number of carbonyl (C=O) groups excluding carboxylic acids is 4. The first kappa shape index (κ1) is 20.6. The summed E-state index contributed by atoms with van der Waals surface area (Å²) >= 11 is 0. The summed E-state index contributed by atoms with van der Waals surface area (Å²) in [5.74, 6) is -5.48. The second kappa shape index (κ2) is 8.79. The molecular weight excluding hydrogens is 358 g/mol. The number of hydrogen-bond acceptors (Lipinski definition) is 9. The lowest BCUT2D eigenvalue weighted by molar-refractivity contribution is -0.166. The molecular formula is C18H23NO8. The van der Waals surface area contributed by atoms with E-state index >= 15 is 0 Å². The maximum Gasteiger partial charge on any atom is 0.347 e. The summed E-state index contributed by atoms with van der Waals surface area (Å²) in [6, 6.07) is 0. The normalized spacial score (nSPS) is 24.8. The van der Waals surface area contributed by atoms with Crippen molar-refractivity contribution in [2.45, 2.75) is 40.2 Å². The molecule has 9 nitrogen and oxygen atoms in total. The van der Waals surface area contributed by atoms with Gasteiger partial charge in [0, 0.05) is 17.8 Å². The average molecular weight is 381 g/mol. The van der Waals surface area contributed by atoms with Crippen molar-refractivity contribution in [2.24, 2.45) is 16.8 Å². The van der Waals surface area contributed by atoms with E-state index in [0.29, 0.717) is 5.71 Å². The van der Waals surface area contributed by atoms with E-state index in [1.807, 2.05) is 0 Å². The molecule has 0 spiro atoms. The SMILES string of the molecule is CCOC(=O)C1=C(C)N=C(C)C(C(=O)OCC)[C@@H]1C(=O)O[C@@H]1CCOC1=O. The van der Waals surface area contributed by atoms with E-state index in [9.17, 15) is 19.2 Å². The minimum absolute atomic E-state index is 0.0723. The summed E-state index contributed by atoms with van der Waals surface area (Å²) in [6.07, 6.45) is -0.852. The van der Waals surface area contributed by atoms with Crippen LogP contribution >= 0.6 is 0 Å². The minimum atomic E-state index is -1.31. The molecule has 27 heavy (non-hydrogen) atoms. The monoisotopic (exact) mass is 381 g/mol. The number of rotatable bonds is 6. The van der Waals surface area contributed by atoms with Crippen molar-refractivity contribution in [3.8, 4) is 0 Å². The van der Waals surface area contributed by atoms with E-state index in [0.717, 1.165) is 0 Å². The van der Waals surface area contributed by atoms with E-state index in [1.165, 1.54) is 0 Å². The molecule has 0 aromatic rings. The van der Waals surface area contributed by atoms with Crippen molar-refractivity contribution in [3.05, 3.63) is 11.3 Å². The van der Waals surface area contributed by atoms with Gasteiger partial charge >= 0.3 is 23.9 Å². The fraction of sp³-hybridized carbons (Fsp3) is 0.611. The Morgan fingerprint density at radius 1 is 1.07 bits per heavy atom. The zero-order valence-corrected chi connectivity index (χ0v) is 15.8. The zero-order chi connectivity index (χ0) is 20.1. The van der Waals surface area contributed by atoms with E-state index in [2.05, 4.69) is 4.99 Å². The van der Waals surface area contributed by atoms with Crippen LogP contribution < -0.4 is 0 Å². The maximum atomic E-state index is 12.9. The molecule has 2 aliphatic heterocycles. The van der Waals surface area contributed by atoms with Gasteiger partial charge in [-0.05, 0) is 27.7 Å². The van der Waals surface area contributed by atoms with Crippen molar-refractivity contribution in [3.63, 3.8) is 0 Å². The molecule has 2 heterocycles. The summed E-state index contributed by atoms with van der Waals surface area (Å²) in [6.45, 7) is 6.68. The van der Waals surface area contributed by atoms with Crippen molar-refractivity contribution < 1.29 is 38.1 Å². The van der Waals surface area contributed by atoms with Crippen LogP contribution in [0.15, 0.2) is 16.3 Å². The van der Waals surface area contributed by atoms with Gasteiger partial charge in [0.15, 0.2) is 0 Å². The van der Waals surface area contributed by atoms with Gasteiger partial charge in [0.05, 0.1) is 25.4 Å². The summed E-state index contributed by atoms with van der Waals surface area (Å²) in [7, 11) is 0. The van der Waals surface area contributed by atoms with Gasteiger partial charge in [-0.25, -0.2) is 9.59 Å². The Morgan fingerprint density at radius 3 is 2.30 bits per heavy atom. The topological polar surface area (TPSA) is 118 Å². The maximum absolute atomic E-state index is 12.9. The van der Waals surface area contributed by atoms with Gasteiger partial charge in [-0.2, -0.15) is 0 Å². The Kier molecular flexibility index (Phi) is 6.70. The largest absolute Gasteiger partial charge is 0.465 e. The Labute approximate surface area is 156 Å². The lowest BCUT2D eigenvalue weighted by Gasteiger charge is -2.30. The average Bonchev–Trinajstić information content (AvgIpc) is 2.99. The molecule has 0 aromatic carbocycles. The molecule has 0 N–H and O–H groups in total. The van der Waals surface area contributed by atoms with Gasteiger partial charge in [-0.15, -0.1) is 0 Å². The molecule has 9 heteroatoms. The molecule has 0 radical (unpaired) electrons. The molecule has 148 valence electrons. The Morgan fingerprint density at radius 2 is 1.74 bits per heavy atom. The van der Waals surface area contributed by atoms with Crippen LogP contribution in [0.25, 0.3) is 0 Å². The number of hydrogen-bond donors (Lipinski definition) is 0. The molecule has 1 fully saturated rings. The summed E-state index contributed by atoms with van der Waals surface area (Å²) < 4.78 is 20.1. The number of aliphatic imine (C=N–C) groups is 1. The third kappa shape index (κ3) is 4.35. The standard InChI is InChI=1S/C18H23NO8/c1-5-24-16(21)12-9(3)19-10(4)13(17(22)25-6-2)14(12)18(23)27-11-7-8-26-15(11)20/h11-12,14H,5-8H2,1-4H3/t11-,12?,14+/m1/s1. The Balaban J connectivity index is 2.42. The summed E-state index contributed by atoms with van der Waals surface area (Å²) in [5, 5.41) is 0. The number of esters is 4. The lowest BCUT2D eigenvalue weighted by Crippen LogP contribution is -2.43. The van der Waals surface area contributed by atoms with Crippen LogP contribution in [0, 0.1) is 11.8 Å². The van der Waals surface area contributed by atoms with Crippen LogP contribution in [-0.4, -0.2) is 55.5 Å². The predicted molar refractivity (Wildman–Crippen MR) is 91.5 cm³/mol. The molecule has 2 aliphatic rings. The smallest absolute Gasteiger partial charge is 0.347 e. The van der Waals surface area contributed by atoms with Gasteiger partial charge in [0.1, 0.15) is 11.8 Å². The van der Waals surface area contributed by atoms with Gasteiger partial charge in [0.25, 0.3) is 0 Å². The number of nitrogens with zero attached hydrogens (tertiary/aromatic N) is 1. The molecule has 1 saturated heterocycles. The Bertz CT molecular complexity index is 708. The predicted octanol–water partition coefficient (Wildman–Crippen LogP) is 0.952. The van der Waals surface area contributed by atoms with E-state index in [-0.39, 0.29) is 37.5 Å². The first-order valence-corrected chi connectivity index (χ1v) is 8.78. The highest BCUT2D eigenvalue weighted by Crippen LogP contribution is 2.34. The highest BCUT2D eigenvalue weighted by Gasteiger charge is 2.48. The molecule has 3 atom stereocenters. The molecule has 1 unspecified atom stereocenters.